The highest BCUT2D eigenvalue weighted by Crippen LogP contribution is 2.22. The maximum atomic E-state index is 9.24. The van der Waals surface area contributed by atoms with Gasteiger partial charge in [-0.3, -0.25) is 5.32 Å². The van der Waals surface area contributed by atoms with E-state index in [1.54, 1.807) is 0 Å². The number of hydrogen-bond donors (Lipinski definition) is 1. The Morgan fingerprint density at radius 2 is 2.00 bits per heavy atom. The number of nitrogens with one attached hydrogen (secondary N) is 1. The van der Waals surface area contributed by atoms with Gasteiger partial charge in [0.05, 0.1) is 24.4 Å². The van der Waals surface area contributed by atoms with Crippen LogP contribution in [0.1, 0.15) is 53.4 Å². The van der Waals surface area contributed by atoms with Gasteiger partial charge in [-0.15, -0.1) is 0 Å². The number of hydrogen-bond acceptors (Lipinski definition) is 4. The largest absolute Gasteiger partial charge is 0.378 e. The van der Waals surface area contributed by atoms with Crippen LogP contribution in [0.3, 0.4) is 0 Å². The first kappa shape index (κ1) is 16.4. The Labute approximate surface area is 117 Å². The summed E-state index contributed by atoms with van der Waals surface area (Å²) in [5, 5.41) is 12.5. The molecule has 4 heteroatoms. The van der Waals surface area contributed by atoms with Crippen molar-refractivity contribution < 1.29 is 9.47 Å². The number of nitriles is 1. The molecule has 110 valence electrons. The van der Waals surface area contributed by atoms with E-state index in [4.69, 9.17) is 9.47 Å². The van der Waals surface area contributed by atoms with Crippen LogP contribution in [0.15, 0.2) is 0 Å². The van der Waals surface area contributed by atoms with Crippen LogP contribution in [0, 0.1) is 11.3 Å². The summed E-state index contributed by atoms with van der Waals surface area (Å²) in [6, 6.07) is 2.35. The first-order valence-corrected chi connectivity index (χ1v) is 7.42. The van der Waals surface area contributed by atoms with Crippen molar-refractivity contribution in [3.8, 4) is 6.07 Å². The molecule has 3 atom stereocenters. The molecule has 1 N–H and O–H groups in total. The minimum Gasteiger partial charge on any atom is -0.378 e. The third kappa shape index (κ3) is 5.90. The van der Waals surface area contributed by atoms with E-state index in [0.29, 0.717) is 6.61 Å². The van der Waals surface area contributed by atoms with Crippen molar-refractivity contribution >= 4 is 0 Å². The molecule has 1 aliphatic rings. The zero-order valence-corrected chi connectivity index (χ0v) is 12.7. The smallest absolute Gasteiger partial charge is 0.106 e. The standard InChI is InChI=1S/C15H28N2O2/c1-5-7-17-15(4,11-16)6-8-18-14-9-12(2)19-13(3)10-14/h12-14,17H,5-10H2,1-4H3. The molecule has 0 amide bonds. The number of ether oxygens (including phenoxy) is 2. The Morgan fingerprint density at radius 3 is 2.53 bits per heavy atom. The molecule has 3 unspecified atom stereocenters. The molecule has 1 aliphatic heterocycles. The third-order valence-electron chi connectivity index (χ3n) is 3.62. The maximum Gasteiger partial charge on any atom is 0.106 e. The van der Waals surface area contributed by atoms with Gasteiger partial charge in [0.2, 0.25) is 0 Å². The monoisotopic (exact) mass is 268 g/mol. The van der Waals surface area contributed by atoms with Gasteiger partial charge in [-0.2, -0.15) is 5.26 Å². The Morgan fingerprint density at radius 1 is 1.37 bits per heavy atom. The van der Waals surface area contributed by atoms with Gasteiger partial charge in [0.1, 0.15) is 5.54 Å². The van der Waals surface area contributed by atoms with E-state index < -0.39 is 5.54 Å². The highest BCUT2D eigenvalue weighted by molar-refractivity contribution is 5.03. The predicted molar refractivity (Wildman–Crippen MR) is 75.9 cm³/mol. The van der Waals surface area contributed by atoms with Crippen molar-refractivity contribution in [1.29, 1.82) is 5.26 Å². The summed E-state index contributed by atoms with van der Waals surface area (Å²) in [5.74, 6) is 0. The van der Waals surface area contributed by atoms with E-state index in [0.717, 1.165) is 32.2 Å². The van der Waals surface area contributed by atoms with Crippen LogP contribution >= 0.6 is 0 Å². The minimum atomic E-state index is -0.474. The summed E-state index contributed by atoms with van der Waals surface area (Å²) in [7, 11) is 0. The van der Waals surface area contributed by atoms with E-state index in [2.05, 4.69) is 32.2 Å². The topological polar surface area (TPSA) is 54.3 Å². The third-order valence-corrected chi connectivity index (χ3v) is 3.62. The summed E-state index contributed by atoms with van der Waals surface area (Å²) in [5.41, 5.74) is -0.474. The van der Waals surface area contributed by atoms with Gasteiger partial charge in [0, 0.05) is 13.0 Å². The summed E-state index contributed by atoms with van der Waals surface area (Å²) in [4.78, 5) is 0. The van der Waals surface area contributed by atoms with Crippen molar-refractivity contribution in [2.45, 2.75) is 77.2 Å². The van der Waals surface area contributed by atoms with Crippen LogP contribution in [0.2, 0.25) is 0 Å². The van der Waals surface area contributed by atoms with E-state index in [-0.39, 0.29) is 18.3 Å². The molecule has 4 nitrogen and oxygen atoms in total. The lowest BCUT2D eigenvalue weighted by Gasteiger charge is -2.32. The lowest BCUT2D eigenvalue weighted by atomic mass is 9.99. The molecular weight excluding hydrogens is 240 g/mol. The maximum absolute atomic E-state index is 9.24. The summed E-state index contributed by atoms with van der Waals surface area (Å²) >= 11 is 0. The minimum absolute atomic E-state index is 0.271. The van der Waals surface area contributed by atoms with Crippen LogP contribution < -0.4 is 5.32 Å². The molecule has 1 heterocycles. The van der Waals surface area contributed by atoms with E-state index in [1.165, 1.54) is 0 Å². The molecule has 0 bridgehead atoms. The van der Waals surface area contributed by atoms with Crippen LogP contribution in [0.25, 0.3) is 0 Å². The van der Waals surface area contributed by atoms with Gasteiger partial charge in [-0.1, -0.05) is 6.92 Å². The Hall–Kier alpha value is -0.630. The van der Waals surface area contributed by atoms with Gasteiger partial charge in [-0.25, -0.2) is 0 Å². The summed E-state index contributed by atoms with van der Waals surface area (Å²) in [6.07, 6.45) is 4.49. The molecule has 0 aromatic heterocycles. The predicted octanol–water partition coefficient (Wildman–Crippen LogP) is 2.63. The molecule has 0 aromatic carbocycles. The highest BCUT2D eigenvalue weighted by atomic mass is 16.5. The molecule has 1 fully saturated rings. The van der Waals surface area contributed by atoms with Crippen molar-refractivity contribution in [2.75, 3.05) is 13.2 Å². The van der Waals surface area contributed by atoms with Crippen molar-refractivity contribution in [1.82, 2.24) is 5.32 Å². The van der Waals surface area contributed by atoms with E-state index >= 15 is 0 Å². The Kier molecular flexibility index (Phi) is 6.78. The van der Waals surface area contributed by atoms with Crippen molar-refractivity contribution in [3.63, 3.8) is 0 Å². The SMILES string of the molecule is CCCNC(C)(C#N)CCOC1CC(C)OC(C)C1. The van der Waals surface area contributed by atoms with Gasteiger partial charge < -0.3 is 9.47 Å². The second-order valence-corrected chi connectivity index (χ2v) is 5.84. The Bertz CT molecular complexity index is 293. The highest BCUT2D eigenvalue weighted by Gasteiger charge is 2.27. The fourth-order valence-corrected chi connectivity index (χ4v) is 2.49. The quantitative estimate of drug-likeness (QED) is 0.771. The zero-order chi connectivity index (χ0) is 14.3. The second kappa shape index (κ2) is 7.84. The number of nitrogens with zero attached hydrogens (tertiary/aromatic N) is 1. The normalized spacial score (nSPS) is 30.6. The van der Waals surface area contributed by atoms with Gasteiger partial charge in [-0.05, 0) is 46.6 Å². The molecule has 0 aromatic rings. The van der Waals surface area contributed by atoms with Gasteiger partial charge in [0.25, 0.3) is 0 Å². The molecule has 19 heavy (non-hydrogen) atoms. The van der Waals surface area contributed by atoms with Gasteiger partial charge in [0.15, 0.2) is 0 Å². The van der Waals surface area contributed by atoms with Crippen molar-refractivity contribution in [3.05, 3.63) is 0 Å². The molecule has 0 saturated carbocycles. The van der Waals surface area contributed by atoms with Gasteiger partial charge >= 0.3 is 0 Å². The zero-order valence-electron chi connectivity index (χ0n) is 12.7. The molecule has 1 saturated heterocycles. The summed E-state index contributed by atoms with van der Waals surface area (Å²) < 4.78 is 11.6. The molecule has 0 radical (unpaired) electrons. The molecular formula is C15H28N2O2. The van der Waals surface area contributed by atoms with E-state index in [9.17, 15) is 5.26 Å². The number of rotatable bonds is 7. The van der Waals surface area contributed by atoms with Crippen LogP contribution in [-0.2, 0) is 9.47 Å². The summed E-state index contributed by atoms with van der Waals surface area (Å²) in [6.45, 7) is 9.73. The first-order chi connectivity index (χ1) is 8.99. The van der Waals surface area contributed by atoms with Crippen molar-refractivity contribution in [2.24, 2.45) is 0 Å². The van der Waals surface area contributed by atoms with Crippen LogP contribution in [-0.4, -0.2) is 37.0 Å². The molecule has 1 rings (SSSR count). The first-order valence-electron chi connectivity index (χ1n) is 7.42. The fraction of sp³-hybridized carbons (Fsp3) is 0.933. The lowest BCUT2D eigenvalue weighted by molar-refractivity contribution is -0.103. The van der Waals surface area contributed by atoms with Crippen LogP contribution in [0.5, 0.6) is 0 Å². The fourth-order valence-electron chi connectivity index (χ4n) is 2.49. The Balaban J connectivity index is 2.30. The average molecular weight is 268 g/mol. The lowest BCUT2D eigenvalue weighted by Crippen LogP contribution is -2.43. The average Bonchev–Trinajstić information content (AvgIpc) is 2.35. The molecule has 0 aliphatic carbocycles. The van der Waals surface area contributed by atoms with E-state index in [1.807, 2.05) is 6.92 Å². The second-order valence-electron chi connectivity index (χ2n) is 5.84. The van der Waals surface area contributed by atoms with Crippen LogP contribution in [0.4, 0.5) is 0 Å². The molecule has 0 spiro atoms.